The lowest BCUT2D eigenvalue weighted by Gasteiger charge is -2.46. The van der Waals surface area contributed by atoms with Crippen molar-refractivity contribution in [1.82, 2.24) is 10.2 Å². The van der Waals surface area contributed by atoms with Crippen LogP contribution in [-0.2, 0) is 11.3 Å². The van der Waals surface area contributed by atoms with E-state index in [0.717, 1.165) is 56.9 Å². The lowest BCUT2D eigenvalue weighted by molar-refractivity contribution is -0.119. The Bertz CT molecular complexity index is 468. The lowest BCUT2D eigenvalue weighted by Crippen LogP contribution is -2.52. The van der Waals surface area contributed by atoms with Gasteiger partial charge in [-0.15, -0.1) is 0 Å². The Morgan fingerprint density at radius 2 is 2.10 bits per heavy atom. The summed E-state index contributed by atoms with van der Waals surface area (Å²) in [5.74, 6) is 0. The molecule has 0 saturated carbocycles. The summed E-state index contributed by atoms with van der Waals surface area (Å²) in [4.78, 5) is 2.45. The SMILES string of the molecule is CN(Cc1ccccc1Cl)C1CCOC2(CCNCC2)C1. The van der Waals surface area contributed by atoms with E-state index in [1.165, 1.54) is 5.56 Å². The van der Waals surface area contributed by atoms with Crippen LogP contribution in [0.15, 0.2) is 24.3 Å². The molecule has 116 valence electrons. The van der Waals surface area contributed by atoms with Crippen LogP contribution in [0.3, 0.4) is 0 Å². The first-order valence-corrected chi connectivity index (χ1v) is 8.35. The normalized spacial score (nSPS) is 25.4. The third kappa shape index (κ3) is 3.59. The summed E-state index contributed by atoms with van der Waals surface area (Å²) in [5, 5.41) is 4.31. The van der Waals surface area contributed by atoms with Gasteiger partial charge in [-0.25, -0.2) is 0 Å². The summed E-state index contributed by atoms with van der Waals surface area (Å²) in [5.41, 5.74) is 1.33. The monoisotopic (exact) mass is 308 g/mol. The molecule has 0 aromatic heterocycles. The topological polar surface area (TPSA) is 24.5 Å². The standard InChI is InChI=1S/C17H25ClN2O/c1-20(13-14-4-2-3-5-16(14)18)15-6-11-21-17(12-15)7-9-19-10-8-17/h2-5,15,19H,6-13H2,1H3. The minimum absolute atomic E-state index is 0.114. The minimum atomic E-state index is 0.114. The van der Waals surface area contributed by atoms with Gasteiger partial charge in [-0.3, -0.25) is 4.90 Å². The number of halogens is 1. The zero-order valence-electron chi connectivity index (χ0n) is 12.8. The molecule has 1 aromatic carbocycles. The number of ether oxygens (including phenoxy) is 1. The van der Waals surface area contributed by atoms with Crippen molar-refractivity contribution in [2.24, 2.45) is 0 Å². The number of hydrogen-bond donors (Lipinski definition) is 1. The lowest BCUT2D eigenvalue weighted by atomic mass is 9.82. The van der Waals surface area contributed by atoms with Gasteiger partial charge < -0.3 is 10.1 Å². The van der Waals surface area contributed by atoms with E-state index in [1.54, 1.807) is 0 Å². The third-order valence-electron chi connectivity index (χ3n) is 4.98. The van der Waals surface area contributed by atoms with E-state index in [-0.39, 0.29) is 5.60 Å². The average molecular weight is 309 g/mol. The molecule has 2 saturated heterocycles. The molecule has 2 fully saturated rings. The quantitative estimate of drug-likeness (QED) is 0.929. The predicted octanol–water partition coefficient (Wildman–Crippen LogP) is 3.07. The van der Waals surface area contributed by atoms with E-state index in [4.69, 9.17) is 16.3 Å². The Kier molecular flexibility index (Phi) is 4.85. The maximum absolute atomic E-state index is 6.29. The molecule has 0 bridgehead atoms. The number of nitrogens with one attached hydrogen (secondary N) is 1. The third-order valence-corrected chi connectivity index (χ3v) is 5.35. The number of nitrogens with zero attached hydrogens (tertiary/aromatic N) is 1. The van der Waals surface area contributed by atoms with Crippen molar-refractivity contribution in [2.45, 2.75) is 43.9 Å². The van der Waals surface area contributed by atoms with E-state index >= 15 is 0 Å². The Balaban J connectivity index is 1.64. The molecule has 1 N–H and O–H groups in total. The summed E-state index contributed by atoms with van der Waals surface area (Å²) in [6.07, 6.45) is 4.55. The van der Waals surface area contributed by atoms with Crippen LogP contribution in [0.2, 0.25) is 5.02 Å². The van der Waals surface area contributed by atoms with E-state index in [2.05, 4.69) is 29.4 Å². The van der Waals surface area contributed by atoms with Crippen LogP contribution in [-0.4, -0.2) is 43.3 Å². The van der Waals surface area contributed by atoms with Crippen molar-refractivity contribution in [3.8, 4) is 0 Å². The molecule has 21 heavy (non-hydrogen) atoms. The Hall–Kier alpha value is -0.610. The smallest absolute Gasteiger partial charge is 0.0721 e. The maximum atomic E-state index is 6.29. The van der Waals surface area contributed by atoms with Crippen LogP contribution in [0.4, 0.5) is 0 Å². The molecule has 3 nitrogen and oxygen atoms in total. The molecular formula is C17H25ClN2O. The van der Waals surface area contributed by atoms with Gasteiger partial charge in [0.25, 0.3) is 0 Å². The molecule has 0 radical (unpaired) electrons. The second-order valence-electron chi connectivity index (χ2n) is 6.43. The molecule has 1 aromatic rings. The van der Waals surface area contributed by atoms with Gasteiger partial charge in [0.15, 0.2) is 0 Å². The highest BCUT2D eigenvalue weighted by Gasteiger charge is 2.39. The van der Waals surface area contributed by atoms with Gasteiger partial charge >= 0.3 is 0 Å². The second kappa shape index (κ2) is 6.66. The van der Waals surface area contributed by atoms with Crippen LogP contribution in [0.5, 0.6) is 0 Å². The fourth-order valence-corrected chi connectivity index (χ4v) is 3.83. The Morgan fingerprint density at radius 1 is 1.33 bits per heavy atom. The molecule has 3 rings (SSSR count). The minimum Gasteiger partial charge on any atom is -0.375 e. The van der Waals surface area contributed by atoms with Crippen molar-refractivity contribution < 1.29 is 4.74 Å². The highest BCUT2D eigenvalue weighted by molar-refractivity contribution is 6.31. The largest absolute Gasteiger partial charge is 0.375 e. The van der Waals surface area contributed by atoms with Gasteiger partial charge in [-0.1, -0.05) is 29.8 Å². The zero-order chi connectivity index (χ0) is 14.7. The van der Waals surface area contributed by atoms with Crippen LogP contribution < -0.4 is 5.32 Å². The van der Waals surface area contributed by atoms with Gasteiger partial charge in [0, 0.05) is 24.2 Å². The zero-order valence-corrected chi connectivity index (χ0v) is 13.5. The van der Waals surface area contributed by atoms with Crippen LogP contribution in [0.25, 0.3) is 0 Å². The highest BCUT2D eigenvalue weighted by atomic mass is 35.5. The van der Waals surface area contributed by atoms with Crippen LogP contribution in [0.1, 0.15) is 31.2 Å². The molecule has 1 unspecified atom stereocenters. The van der Waals surface area contributed by atoms with E-state index in [1.807, 2.05) is 12.1 Å². The first-order chi connectivity index (χ1) is 10.2. The number of rotatable bonds is 3. The van der Waals surface area contributed by atoms with Crippen molar-refractivity contribution >= 4 is 11.6 Å². The van der Waals surface area contributed by atoms with Gasteiger partial charge in [0.05, 0.1) is 5.60 Å². The molecule has 4 heteroatoms. The molecule has 2 aliphatic heterocycles. The molecular weight excluding hydrogens is 284 g/mol. The van der Waals surface area contributed by atoms with Crippen LogP contribution in [0, 0.1) is 0 Å². The highest BCUT2D eigenvalue weighted by Crippen LogP contribution is 2.35. The van der Waals surface area contributed by atoms with E-state index in [0.29, 0.717) is 6.04 Å². The summed E-state index contributed by atoms with van der Waals surface area (Å²) < 4.78 is 6.17. The van der Waals surface area contributed by atoms with E-state index < -0.39 is 0 Å². The van der Waals surface area contributed by atoms with Crippen LogP contribution >= 0.6 is 11.6 Å². The molecule has 2 aliphatic rings. The van der Waals surface area contributed by atoms with Crippen molar-refractivity contribution in [3.05, 3.63) is 34.9 Å². The number of piperidine rings is 1. The van der Waals surface area contributed by atoms with Gasteiger partial charge in [-0.2, -0.15) is 0 Å². The Labute approximate surface area is 132 Å². The van der Waals surface area contributed by atoms with Crippen molar-refractivity contribution in [3.63, 3.8) is 0 Å². The van der Waals surface area contributed by atoms with Gasteiger partial charge in [0.2, 0.25) is 0 Å². The average Bonchev–Trinajstić information content (AvgIpc) is 2.50. The molecule has 2 heterocycles. The molecule has 1 spiro atoms. The summed E-state index contributed by atoms with van der Waals surface area (Å²) in [6.45, 7) is 3.97. The maximum Gasteiger partial charge on any atom is 0.0721 e. The van der Waals surface area contributed by atoms with Gasteiger partial charge in [0.1, 0.15) is 0 Å². The first-order valence-electron chi connectivity index (χ1n) is 7.97. The molecule has 1 atom stereocenters. The fourth-order valence-electron chi connectivity index (χ4n) is 3.63. The summed E-state index contributed by atoms with van der Waals surface area (Å²) in [6, 6.07) is 8.74. The van der Waals surface area contributed by atoms with Crippen molar-refractivity contribution in [1.29, 1.82) is 0 Å². The number of benzene rings is 1. The van der Waals surface area contributed by atoms with E-state index in [9.17, 15) is 0 Å². The molecule has 0 aliphatic carbocycles. The molecule has 0 amide bonds. The summed E-state index contributed by atoms with van der Waals surface area (Å²) >= 11 is 6.29. The number of hydrogen-bond acceptors (Lipinski definition) is 3. The Morgan fingerprint density at radius 3 is 2.86 bits per heavy atom. The van der Waals surface area contributed by atoms with Gasteiger partial charge in [-0.05, 0) is 57.5 Å². The summed E-state index contributed by atoms with van der Waals surface area (Å²) in [7, 11) is 2.22. The first kappa shape index (κ1) is 15.3. The predicted molar refractivity (Wildman–Crippen MR) is 86.7 cm³/mol. The van der Waals surface area contributed by atoms with Crippen molar-refractivity contribution in [2.75, 3.05) is 26.7 Å². The second-order valence-corrected chi connectivity index (χ2v) is 6.84. The fraction of sp³-hybridized carbons (Fsp3) is 0.647.